The fourth-order valence-corrected chi connectivity index (χ4v) is 1.98. The van der Waals surface area contributed by atoms with Crippen LogP contribution in [0.1, 0.15) is 30.2 Å². The van der Waals surface area contributed by atoms with Gasteiger partial charge in [0.15, 0.2) is 0 Å². The Morgan fingerprint density at radius 2 is 2.35 bits per heavy atom. The Morgan fingerprint density at radius 1 is 1.59 bits per heavy atom. The third-order valence-corrected chi connectivity index (χ3v) is 2.97. The van der Waals surface area contributed by atoms with Gasteiger partial charge in [0.2, 0.25) is 5.91 Å². The molecule has 17 heavy (non-hydrogen) atoms. The predicted octanol–water partition coefficient (Wildman–Crippen LogP) is 2.13. The van der Waals surface area contributed by atoms with E-state index in [1.54, 1.807) is 17.5 Å². The van der Waals surface area contributed by atoms with Gasteiger partial charge in [0.1, 0.15) is 0 Å². The molecule has 1 amide bonds. The van der Waals surface area contributed by atoms with Crippen molar-refractivity contribution in [3.8, 4) is 0 Å². The Bertz CT molecular complexity index is 350. The summed E-state index contributed by atoms with van der Waals surface area (Å²) in [5, 5.41) is 3.87. The van der Waals surface area contributed by atoms with Gasteiger partial charge >= 0.3 is 0 Å². The summed E-state index contributed by atoms with van der Waals surface area (Å²) in [7, 11) is 0. The number of hydrogen-bond donors (Lipinski definition) is 1. The molecule has 0 saturated carbocycles. The third kappa shape index (κ3) is 6.38. The van der Waals surface area contributed by atoms with Crippen molar-refractivity contribution < 1.29 is 9.53 Å². The van der Waals surface area contributed by atoms with E-state index in [0.717, 1.165) is 9.88 Å². The molecule has 0 saturated heterocycles. The topological polar surface area (TPSA) is 51.2 Å². The van der Waals surface area contributed by atoms with E-state index in [-0.39, 0.29) is 5.91 Å². The first kappa shape index (κ1) is 14.1. The maximum atomic E-state index is 11.5. The number of thiazole rings is 1. The maximum absolute atomic E-state index is 11.5. The summed E-state index contributed by atoms with van der Waals surface area (Å²) in [5.41, 5.74) is 0. The Balaban J connectivity index is 2.09. The Kier molecular flexibility index (Phi) is 6.15. The molecule has 1 rings (SSSR count). The summed E-state index contributed by atoms with van der Waals surface area (Å²) >= 11 is 1.60. The van der Waals surface area contributed by atoms with Gasteiger partial charge in [-0.15, -0.1) is 11.3 Å². The van der Waals surface area contributed by atoms with Gasteiger partial charge in [-0.2, -0.15) is 0 Å². The Morgan fingerprint density at radius 3 is 2.94 bits per heavy atom. The second-order valence-corrected chi connectivity index (χ2v) is 5.66. The van der Waals surface area contributed by atoms with Crippen molar-refractivity contribution in [3.05, 3.63) is 16.1 Å². The Hall–Kier alpha value is -0.940. The number of aromatic nitrogens is 1. The van der Waals surface area contributed by atoms with E-state index in [9.17, 15) is 4.79 Å². The summed E-state index contributed by atoms with van der Waals surface area (Å²) in [4.78, 5) is 16.7. The molecule has 0 unspecified atom stereocenters. The van der Waals surface area contributed by atoms with Gasteiger partial charge in [0.25, 0.3) is 0 Å². The third-order valence-electron chi connectivity index (χ3n) is 2.05. The molecule has 1 heterocycles. The molecule has 0 spiro atoms. The van der Waals surface area contributed by atoms with Crippen molar-refractivity contribution >= 4 is 17.2 Å². The van der Waals surface area contributed by atoms with Crippen LogP contribution < -0.4 is 5.32 Å². The van der Waals surface area contributed by atoms with Crippen LogP contribution in [0, 0.1) is 12.8 Å². The minimum atomic E-state index is 0.0276. The number of carbonyl (C=O) groups is 1. The summed E-state index contributed by atoms with van der Waals surface area (Å²) in [6.45, 7) is 7.90. The summed E-state index contributed by atoms with van der Waals surface area (Å²) < 4.78 is 5.35. The lowest BCUT2D eigenvalue weighted by molar-refractivity contribution is -0.122. The van der Waals surface area contributed by atoms with Crippen LogP contribution in [0.15, 0.2) is 6.20 Å². The number of carbonyl (C=O) groups excluding carboxylic acids is 1. The first-order valence-electron chi connectivity index (χ1n) is 5.83. The van der Waals surface area contributed by atoms with Crippen LogP contribution in [0.4, 0.5) is 0 Å². The van der Waals surface area contributed by atoms with E-state index in [1.165, 1.54) is 0 Å². The van der Waals surface area contributed by atoms with E-state index in [0.29, 0.717) is 32.1 Å². The highest BCUT2D eigenvalue weighted by Gasteiger charge is 2.03. The standard InChI is InChI=1S/C12H20N2O2S/c1-9(2)8-16-5-4-12(15)14-7-11-6-13-10(3)17-11/h6,9H,4-5,7-8H2,1-3H3,(H,14,15). The number of rotatable bonds is 7. The number of amides is 1. The molecule has 0 atom stereocenters. The van der Waals surface area contributed by atoms with Crippen LogP contribution in [-0.2, 0) is 16.1 Å². The normalized spacial score (nSPS) is 10.8. The molecule has 96 valence electrons. The predicted molar refractivity (Wildman–Crippen MR) is 69.0 cm³/mol. The van der Waals surface area contributed by atoms with Crippen molar-refractivity contribution in [2.45, 2.75) is 33.7 Å². The number of nitrogens with zero attached hydrogens (tertiary/aromatic N) is 1. The van der Waals surface area contributed by atoms with Crippen LogP contribution in [0.5, 0.6) is 0 Å². The van der Waals surface area contributed by atoms with Crippen LogP contribution >= 0.6 is 11.3 Å². The molecule has 1 aromatic rings. The lowest BCUT2D eigenvalue weighted by atomic mass is 10.2. The molecule has 0 aliphatic rings. The molecule has 0 fully saturated rings. The van der Waals surface area contributed by atoms with Crippen LogP contribution in [0.25, 0.3) is 0 Å². The van der Waals surface area contributed by atoms with Gasteiger partial charge in [-0.25, -0.2) is 4.98 Å². The van der Waals surface area contributed by atoms with Crippen molar-refractivity contribution in [1.29, 1.82) is 0 Å². The largest absolute Gasteiger partial charge is 0.381 e. The SMILES string of the molecule is Cc1ncc(CNC(=O)CCOCC(C)C)s1. The molecule has 4 nitrogen and oxygen atoms in total. The highest BCUT2D eigenvalue weighted by atomic mass is 32.1. The molecule has 0 aromatic carbocycles. The van der Waals surface area contributed by atoms with Gasteiger partial charge in [-0.05, 0) is 12.8 Å². The fraction of sp³-hybridized carbons (Fsp3) is 0.667. The van der Waals surface area contributed by atoms with E-state index in [2.05, 4.69) is 24.1 Å². The number of aryl methyl sites for hydroxylation is 1. The highest BCUT2D eigenvalue weighted by molar-refractivity contribution is 7.11. The van der Waals surface area contributed by atoms with E-state index >= 15 is 0 Å². The molecule has 0 aliphatic heterocycles. The second kappa shape index (κ2) is 7.40. The zero-order valence-corrected chi connectivity index (χ0v) is 11.5. The molecule has 0 bridgehead atoms. The van der Waals surface area contributed by atoms with Crippen molar-refractivity contribution in [2.24, 2.45) is 5.92 Å². The zero-order chi connectivity index (χ0) is 12.7. The first-order valence-corrected chi connectivity index (χ1v) is 6.65. The molecule has 1 N–H and O–H groups in total. The summed E-state index contributed by atoms with van der Waals surface area (Å²) in [6, 6.07) is 0. The molecular weight excluding hydrogens is 236 g/mol. The van der Waals surface area contributed by atoms with Crippen LogP contribution in [0.2, 0.25) is 0 Å². The Labute approximate surface area is 106 Å². The maximum Gasteiger partial charge on any atom is 0.222 e. The monoisotopic (exact) mass is 256 g/mol. The lowest BCUT2D eigenvalue weighted by Gasteiger charge is -2.06. The van der Waals surface area contributed by atoms with Gasteiger partial charge in [-0.1, -0.05) is 13.8 Å². The number of hydrogen-bond acceptors (Lipinski definition) is 4. The van der Waals surface area contributed by atoms with Gasteiger partial charge < -0.3 is 10.1 Å². The summed E-state index contributed by atoms with van der Waals surface area (Å²) in [6.07, 6.45) is 2.22. The number of ether oxygens (including phenoxy) is 1. The van der Waals surface area contributed by atoms with Crippen molar-refractivity contribution in [2.75, 3.05) is 13.2 Å². The average Bonchev–Trinajstić information content (AvgIpc) is 2.67. The lowest BCUT2D eigenvalue weighted by Crippen LogP contribution is -2.23. The number of nitrogens with one attached hydrogen (secondary N) is 1. The van der Waals surface area contributed by atoms with Gasteiger partial charge in [0.05, 0.1) is 18.2 Å². The van der Waals surface area contributed by atoms with Gasteiger partial charge in [0, 0.05) is 24.1 Å². The minimum Gasteiger partial charge on any atom is -0.381 e. The zero-order valence-electron chi connectivity index (χ0n) is 10.7. The molecular formula is C12H20N2O2S. The first-order chi connectivity index (χ1) is 8.08. The van der Waals surface area contributed by atoms with E-state index < -0.39 is 0 Å². The van der Waals surface area contributed by atoms with Crippen molar-refractivity contribution in [3.63, 3.8) is 0 Å². The smallest absolute Gasteiger partial charge is 0.222 e. The van der Waals surface area contributed by atoms with Gasteiger partial charge in [-0.3, -0.25) is 4.79 Å². The van der Waals surface area contributed by atoms with E-state index in [1.807, 2.05) is 6.92 Å². The highest BCUT2D eigenvalue weighted by Crippen LogP contribution is 2.10. The molecule has 0 aliphatic carbocycles. The van der Waals surface area contributed by atoms with Crippen molar-refractivity contribution in [1.82, 2.24) is 10.3 Å². The second-order valence-electron chi connectivity index (χ2n) is 4.34. The molecule has 5 heteroatoms. The van der Waals surface area contributed by atoms with E-state index in [4.69, 9.17) is 4.74 Å². The molecule has 1 aromatic heterocycles. The fourth-order valence-electron chi connectivity index (χ4n) is 1.25. The quantitative estimate of drug-likeness (QED) is 0.760. The molecule has 0 radical (unpaired) electrons. The minimum absolute atomic E-state index is 0.0276. The van der Waals surface area contributed by atoms with Crippen LogP contribution in [-0.4, -0.2) is 24.1 Å². The average molecular weight is 256 g/mol. The summed E-state index contributed by atoms with van der Waals surface area (Å²) in [5.74, 6) is 0.540. The van der Waals surface area contributed by atoms with Crippen LogP contribution in [0.3, 0.4) is 0 Å².